The summed E-state index contributed by atoms with van der Waals surface area (Å²) in [5.74, 6) is 1.11. The van der Waals surface area contributed by atoms with Gasteiger partial charge in [-0.25, -0.2) is 9.97 Å². The molecule has 104 valence electrons. The Morgan fingerprint density at radius 1 is 1.35 bits per heavy atom. The number of hydrogen-bond donors (Lipinski definition) is 3. The Kier molecular flexibility index (Phi) is 4.42. The van der Waals surface area contributed by atoms with Crippen LogP contribution in [0.2, 0.25) is 5.02 Å². The minimum atomic E-state index is 0.453. The molecule has 2 aromatic rings. The fraction of sp³-hybridized carbons (Fsp3) is 0.143. The number of nitrogens with one attached hydrogen (secondary N) is 2. The molecule has 20 heavy (non-hydrogen) atoms. The van der Waals surface area contributed by atoms with Crippen LogP contribution in [0.5, 0.6) is 0 Å². The molecule has 0 atom stereocenters. The van der Waals surface area contributed by atoms with E-state index < -0.39 is 0 Å². The van der Waals surface area contributed by atoms with E-state index in [2.05, 4.69) is 27.2 Å². The van der Waals surface area contributed by atoms with Crippen molar-refractivity contribution < 1.29 is 0 Å². The molecule has 0 unspecified atom stereocenters. The Hall–Kier alpha value is -2.27. The zero-order chi connectivity index (χ0) is 14.5. The number of benzene rings is 1. The molecule has 0 spiro atoms. The van der Waals surface area contributed by atoms with Crippen LogP contribution in [-0.4, -0.2) is 16.5 Å². The van der Waals surface area contributed by atoms with Crippen molar-refractivity contribution in [2.75, 3.05) is 22.9 Å². The number of rotatable bonds is 5. The van der Waals surface area contributed by atoms with Crippen molar-refractivity contribution in [3.63, 3.8) is 0 Å². The molecule has 0 aliphatic carbocycles. The van der Waals surface area contributed by atoms with Crippen LogP contribution in [-0.2, 0) is 0 Å². The Labute approximate surface area is 122 Å². The standard InChI is InChI=1S/C14H16ClN5/c1-3-6-17-13-12(16)14(19-8-18-13)20-11-7-10(15)5-4-9(11)2/h3-5,7-8H,1,6,16H2,2H3,(H2,17,18,19,20). The number of nitrogens with two attached hydrogens (primary N) is 1. The minimum Gasteiger partial charge on any atom is -0.393 e. The van der Waals surface area contributed by atoms with E-state index in [1.807, 2.05) is 25.1 Å². The highest BCUT2D eigenvalue weighted by Crippen LogP contribution is 2.28. The summed E-state index contributed by atoms with van der Waals surface area (Å²) in [6, 6.07) is 5.59. The summed E-state index contributed by atoms with van der Waals surface area (Å²) < 4.78 is 0. The van der Waals surface area contributed by atoms with E-state index >= 15 is 0 Å². The van der Waals surface area contributed by atoms with Crippen molar-refractivity contribution in [3.05, 3.63) is 47.8 Å². The molecule has 0 fully saturated rings. The average Bonchev–Trinajstić information content (AvgIpc) is 2.44. The molecule has 0 bridgehead atoms. The molecule has 1 aromatic heterocycles. The van der Waals surface area contributed by atoms with Gasteiger partial charge in [-0.05, 0) is 24.6 Å². The van der Waals surface area contributed by atoms with Crippen LogP contribution < -0.4 is 16.4 Å². The van der Waals surface area contributed by atoms with E-state index in [0.717, 1.165) is 11.3 Å². The number of nitrogen functional groups attached to an aromatic ring is 1. The van der Waals surface area contributed by atoms with Crippen LogP contribution in [0.25, 0.3) is 0 Å². The first kappa shape index (κ1) is 14.1. The second-order valence-corrected chi connectivity index (χ2v) is 4.67. The Bertz CT molecular complexity index is 627. The Morgan fingerprint density at radius 3 is 2.85 bits per heavy atom. The number of anilines is 4. The normalized spacial score (nSPS) is 10.1. The first-order chi connectivity index (χ1) is 9.61. The fourth-order valence-corrected chi connectivity index (χ4v) is 1.83. The Balaban J connectivity index is 2.29. The van der Waals surface area contributed by atoms with E-state index in [1.54, 1.807) is 6.08 Å². The summed E-state index contributed by atoms with van der Waals surface area (Å²) in [4.78, 5) is 8.25. The van der Waals surface area contributed by atoms with Crippen molar-refractivity contribution in [3.8, 4) is 0 Å². The molecule has 0 amide bonds. The van der Waals surface area contributed by atoms with Crippen LogP contribution in [0.1, 0.15) is 5.56 Å². The van der Waals surface area contributed by atoms with Gasteiger partial charge in [0.1, 0.15) is 12.0 Å². The van der Waals surface area contributed by atoms with Gasteiger partial charge in [-0.2, -0.15) is 0 Å². The highest BCUT2D eigenvalue weighted by Gasteiger charge is 2.09. The number of aryl methyl sites for hydroxylation is 1. The van der Waals surface area contributed by atoms with Crippen molar-refractivity contribution in [1.82, 2.24) is 9.97 Å². The lowest BCUT2D eigenvalue weighted by atomic mass is 10.2. The van der Waals surface area contributed by atoms with Gasteiger partial charge in [0.2, 0.25) is 0 Å². The molecule has 2 rings (SSSR count). The van der Waals surface area contributed by atoms with E-state index in [9.17, 15) is 0 Å². The van der Waals surface area contributed by atoms with Gasteiger partial charge in [0.25, 0.3) is 0 Å². The van der Waals surface area contributed by atoms with Crippen molar-refractivity contribution >= 4 is 34.6 Å². The number of hydrogen-bond acceptors (Lipinski definition) is 5. The van der Waals surface area contributed by atoms with Crippen LogP contribution in [0.4, 0.5) is 23.0 Å². The van der Waals surface area contributed by atoms with Gasteiger partial charge in [0.15, 0.2) is 11.6 Å². The summed E-state index contributed by atoms with van der Waals surface area (Å²) in [5, 5.41) is 6.88. The molecular formula is C14H16ClN5. The smallest absolute Gasteiger partial charge is 0.159 e. The molecule has 1 aromatic carbocycles. The van der Waals surface area contributed by atoms with Crippen molar-refractivity contribution in [2.24, 2.45) is 0 Å². The van der Waals surface area contributed by atoms with Crippen LogP contribution in [0.3, 0.4) is 0 Å². The lowest BCUT2D eigenvalue weighted by Gasteiger charge is -2.13. The summed E-state index contributed by atoms with van der Waals surface area (Å²) in [7, 11) is 0. The quantitative estimate of drug-likeness (QED) is 0.736. The molecule has 6 heteroatoms. The molecular weight excluding hydrogens is 274 g/mol. The van der Waals surface area contributed by atoms with E-state index in [4.69, 9.17) is 17.3 Å². The Morgan fingerprint density at radius 2 is 2.10 bits per heavy atom. The molecule has 4 N–H and O–H groups in total. The van der Waals surface area contributed by atoms with Gasteiger partial charge >= 0.3 is 0 Å². The minimum absolute atomic E-state index is 0.453. The van der Waals surface area contributed by atoms with Gasteiger partial charge in [0.05, 0.1) is 0 Å². The van der Waals surface area contributed by atoms with Gasteiger partial charge in [-0.1, -0.05) is 23.7 Å². The monoisotopic (exact) mass is 289 g/mol. The zero-order valence-electron chi connectivity index (χ0n) is 11.2. The third-order valence-electron chi connectivity index (χ3n) is 2.75. The van der Waals surface area contributed by atoms with E-state index in [1.165, 1.54) is 6.33 Å². The summed E-state index contributed by atoms with van der Waals surface area (Å²) in [6.45, 7) is 6.20. The third-order valence-corrected chi connectivity index (χ3v) is 2.99. The number of aromatic nitrogens is 2. The van der Waals surface area contributed by atoms with Crippen molar-refractivity contribution in [2.45, 2.75) is 6.92 Å². The maximum atomic E-state index is 6.04. The largest absolute Gasteiger partial charge is 0.393 e. The van der Waals surface area contributed by atoms with E-state index in [0.29, 0.717) is 28.9 Å². The fourth-order valence-electron chi connectivity index (χ4n) is 1.66. The van der Waals surface area contributed by atoms with Crippen molar-refractivity contribution in [1.29, 1.82) is 0 Å². The second-order valence-electron chi connectivity index (χ2n) is 4.24. The highest BCUT2D eigenvalue weighted by atomic mass is 35.5. The van der Waals surface area contributed by atoms with Gasteiger partial charge in [0, 0.05) is 17.3 Å². The molecule has 1 heterocycles. The van der Waals surface area contributed by atoms with Crippen LogP contribution in [0.15, 0.2) is 37.2 Å². The summed E-state index contributed by atoms with van der Waals surface area (Å²) >= 11 is 6.00. The maximum absolute atomic E-state index is 6.04. The van der Waals surface area contributed by atoms with Gasteiger partial charge in [-0.15, -0.1) is 6.58 Å². The number of halogens is 1. The summed E-state index contributed by atoms with van der Waals surface area (Å²) in [5.41, 5.74) is 8.40. The molecule has 0 aliphatic heterocycles. The van der Waals surface area contributed by atoms with Crippen LogP contribution >= 0.6 is 11.6 Å². The zero-order valence-corrected chi connectivity index (χ0v) is 11.9. The highest BCUT2D eigenvalue weighted by molar-refractivity contribution is 6.30. The predicted molar refractivity (Wildman–Crippen MR) is 84.6 cm³/mol. The molecule has 0 radical (unpaired) electrons. The topological polar surface area (TPSA) is 75.9 Å². The molecule has 0 saturated carbocycles. The average molecular weight is 290 g/mol. The van der Waals surface area contributed by atoms with Gasteiger partial charge in [-0.3, -0.25) is 0 Å². The van der Waals surface area contributed by atoms with Gasteiger partial charge < -0.3 is 16.4 Å². The third kappa shape index (κ3) is 3.19. The lowest BCUT2D eigenvalue weighted by molar-refractivity contribution is 1.14. The maximum Gasteiger partial charge on any atom is 0.159 e. The first-order valence-electron chi connectivity index (χ1n) is 6.10. The summed E-state index contributed by atoms with van der Waals surface area (Å²) in [6.07, 6.45) is 3.18. The molecule has 0 saturated heterocycles. The number of nitrogens with zero attached hydrogens (tertiary/aromatic N) is 2. The lowest BCUT2D eigenvalue weighted by Crippen LogP contribution is -2.08. The SMILES string of the molecule is C=CCNc1ncnc(Nc2cc(Cl)ccc2C)c1N. The van der Waals surface area contributed by atoms with Crippen LogP contribution in [0, 0.1) is 6.92 Å². The first-order valence-corrected chi connectivity index (χ1v) is 6.48. The molecule has 5 nitrogen and oxygen atoms in total. The molecule has 0 aliphatic rings. The van der Waals surface area contributed by atoms with E-state index in [-0.39, 0.29) is 0 Å². The second kappa shape index (κ2) is 6.25. The predicted octanol–water partition coefficient (Wildman–Crippen LogP) is 3.36.